The summed E-state index contributed by atoms with van der Waals surface area (Å²) in [6, 6.07) is 14.8. The second kappa shape index (κ2) is 9.16. The standard InChI is InChI=1S/C21H23IN2O2/c22-19-13-6-5-12-18(19)21(26)24-17-11-7-8-15(14-17)20(25)23-16-9-3-1-2-4-10-16/h5-8,11-14,16H,1-4,9-10H2,(H,23,25)(H,24,26). The van der Waals surface area contributed by atoms with Gasteiger partial charge in [-0.05, 0) is 65.8 Å². The van der Waals surface area contributed by atoms with Crippen LogP contribution in [-0.4, -0.2) is 17.9 Å². The molecular formula is C21H23IN2O2. The molecule has 5 heteroatoms. The summed E-state index contributed by atoms with van der Waals surface area (Å²) in [5.74, 6) is -0.237. The van der Waals surface area contributed by atoms with E-state index in [-0.39, 0.29) is 17.9 Å². The SMILES string of the molecule is O=C(NC1CCCCCC1)c1cccc(NC(=O)c2ccccc2I)c1. The molecule has 0 aromatic heterocycles. The maximum atomic E-state index is 12.6. The van der Waals surface area contributed by atoms with Crippen LogP contribution in [0.3, 0.4) is 0 Å². The smallest absolute Gasteiger partial charge is 0.256 e. The van der Waals surface area contributed by atoms with Crippen LogP contribution in [-0.2, 0) is 0 Å². The normalized spacial score (nSPS) is 15.1. The van der Waals surface area contributed by atoms with Crippen LogP contribution in [0.4, 0.5) is 5.69 Å². The minimum Gasteiger partial charge on any atom is -0.349 e. The van der Waals surface area contributed by atoms with Crippen LogP contribution in [0.2, 0.25) is 0 Å². The van der Waals surface area contributed by atoms with Gasteiger partial charge >= 0.3 is 0 Å². The zero-order valence-electron chi connectivity index (χ0n) is 14.6. The van der Waals surface area contributed by atoms with Crippen LogP contribution in [0.5, 0.6) is 0 Å². The lowest BCUT2D eigenvalue weighted by Gasteiger charge is -2.16. The van der Waals surface area contributed by atoms with E-state index < -0.39 is 0 Å². The third-order valence-electron chi connectivity index (χ3n) is 4.69. The Morgan fingerprint density at radius 1 is 0.885 bits per heavy atom. The topological polar surface area (TPSA) is 58.2 Å². The summed E-state index contributed by atoms with van der Waals surface area (Å²) in [5, 5.41) is 6.03. The minimum atomic E-state index is -0.170. The molecule has 2 amide bonds. The van der Waals surface area contributed by atoms with E-state index in [2.05, 4.69) is 33.2 Å². The molecule has 2 N–H and O–H groups in total. The van der Waals surface area contributed by atoms with Crippen LogP contribution in [0, 0.1) is 3.57 Å². The van der Waals surface area contributed by atoms with Gasteiger partial charge in [-0.2, -0.15) is 0 Å². The molecule has 0 saturated heterocycles. The van der Waals surface area contributed by atoms with Gasteiger partial charge in [-0.3, -0.25) is 9.59 Å². The van der Waals surface area contributed by atoms with Crippen LogP contribution in [0.15, 0.2) is 48.5 Å². The molecule has 1 aliphatic rings. The summed E-state index contributed by atoms with van der Waals surface area (Å²) in [6.07, 6.45) is 6.97. The van der Waals surface area contributed by atoms with Crippen LogP contribution >= 0.6 is 22.6 Å². The van der Waals surface area contributed by atoms with Gasteiger partial charge in [-0.25, -0.2) is 0 Å². The van der Waals surface area contributed by atoms with Gasteiger partial charge in [-0.15, -0.1) is 0 Å². The molecule has 0 unspecified atom stereocenters. The van der Waals surface area contributed by atoms with E-state index in [9.17, 15) is 9.59 Å². The van der Waals surface area contributed by atoms with E-state index in [1.807, 2.05) is 18.2 Å². The maximum absolute atomic E-state index is 12.6. The Balaban J connectivity index is 1.66. The fourth-order valence-corrected chi connectivity index (χ4v) is 3.91. The molecule has 0 heterocycles. The lowest BCUT2D eigenvalue weighted by Crippen LogP contribution is -2.34. The Bertz CT molecular complexity index is 783. The molecule has 0 radical (unpaired) electrons. The molecule has 2 aromatic rings. The van der Waals surface area contributed by atoms with Gasteiger partial charge in [0.05, 0.1) is 5.56 Å². The summed E-state index contributed by atoms with van der Waals surface area (Å²) in [7, 11) is 0. The third kappa shape index (κ3) is 5.06. The van der Waals surface area contributed by atoms with Gasteiger partial charge in [0, 0.05) is 20.9 Å². The number of hydrogen-bond acceptors (Lipinski definition) is 2. The maximum Gasteiger partial charge on any atom is 0.256 e. The highest BCUT2D eigenvalue weighted by molar-refractivity contribution is 14.1. The molecule has 136 valence electrons. The number of carbonyl (C=O) groups excluding carboxylic acids is 2. The number of carbonyl (C=O) groups is 2. The summed E-state index contributed by atoms with van der Waals surface area (Å²) in [4.78, 5) is 25.0. The minimum absolute atomic E-state index is 0.0673. The van der Waals surface area contributed by atoms with Gasteiger partial charge in [-0.1, -0.05) is 43.9 Å². The molecule has 4 nitrogen and oxygen atoms in total. The second-order valence-electron chi connectivity index (χ2n) is 6.68. The third-order valence-corrected chi connectivity index (χ3v) is 5.63. The van der Waals surface area contributed by atoms with Gasteiger partial charge in [0.2, 0.25) is 0 Å². The zero-order valence-corrected chi connectivity index (χ0v) is 16.8. The molecule has 0 aliphatic heterocycles. The molecule has 26 heavy (non-hydrogen) atoms. The predicted octanol–water partition coefficient (Wildman–Crippen LogP) is 5.00. The summed E-state index contributed by atoms with van der Waals surface area (Å²) in [6.45, 7) is 0. The Hall–Kier alpha value is -1.89. The van der Waals surface area contributed by atoms with Crippen LogP contribution in [0.25, 0.3) is 0 Å². The fourth-order valence-electron chi connectivity index (χ4n) is 3.27. The lowest BCUT2D eigenvalue weighted by atomic mass is 10.1. The quantitative estimate of drug-likeness (QED) is 0.497. The van der Waals surface area contributed by atoms with Gasteiger partial charge < -0.3 is 10.6 Å². The molecule has 0 bridgehead atoms. The van der Waals surface area contributed by atoms with Crippen molar-refractivity contribution < 1.29 is 9.59 Å². The van der Waals surface area contributed by atoms with Crippen molar-refractivity contribution >= 4 is 40.1 Å². The van der Waals surface area contributed by atoms with E-state index >= 15 is 0 Å². The van der Waals surface area contributed by atoms with E-state index in [4.69, 9.17) is 0 Å². The molecule has 0 spiro atoms. The van der Waals surface area contributed by atoms with Crippen molar-refractivity contribution in [2.24, 2.45) is 0 Å². The first-order valence-corrected chi connectivity index (χ1v) is 10.2. The number of rotatable bonds is 4. The van der Waals surface area contributed by atoms with Crippen molar-refractivity contribution in [3.63, 3.8) is 0 Å². The largest absolute Gasteiger partial charge is 0.349 e. The highest BCUT2D eigenvalue weighted by atomic mass is 127. The molecule has 3 rings (SSSR count). The Morgan fingerprint density at radius 2 is 1.62 bits per heavy atom. The Morgan fingerprint density at radius 3 is 2.35 bits per heavy atom. The van der Waals surface area contributed by atoms with Crippen LogP contribution in [0.1, 0.15) is 59.2 Å². The highest BCUT2D eigenvalue weighted by Gasteiger charge is 2.16. The molecule has 0 atom stereocenters. The number of amides is 2. The first-order chi connectivity index (χ1) is 12.6. The molecule has 2 aromatic carbocycles. The van der Waals surface area contributed by atoms with E-state index in [1.54, 1.807) is 30.3 Å². The first kappa shape index (κ1) is 18.9. The number of halogens is 1. The Labute approximate surface area is 167 Å². The summed E-state index contributed by atoms with van der Waals surface area (Å²) < 4.78 is 0.893. The molecule has 1 aliphatic carbocycles. The highest BCUT2D eigenvalue weighted by Crippen LogP contribution is 2.19. The van der Waals surface area contributed by atoms with Gasteiger partial charge in [0.1, 0.15) is 0 Å². The van der Waals surface area contributed by atoms with Crippen molar-refractivity contribution in [1.29, 1.82) is 0 Å². The number of nitrogens with one attached hydrogen (secondary N) is 2. The molecule has 1 saturated carbocycles. The van der Waals surface area contributed by atoms with Crippen molar-refractivity contribution in [3.05, 3.63) is 63.2 Å². The predicted molar refractivity (Wildman–Crippen MR) is 113 cm³/mol. The van der Waals surface area contributed by atoms with Crippen molar-refractivity contribution in [2.45, 2.75) is 44.6 Å². The van der Waals surface area contributed by atoms with Crippen molar-refractivity contribution in [1.82, 2.24) is 5.32 Å². The van der Waals surface area contributed by atoms with E-state index in [0.717, 1.165) is 16.4 Å². The monoisotopic (exact) mass is 462 g/mol. The van der Waals surface area contributed by atoms with E-state index in [1.165, 1.54) is 25.7 Å². The Kier molecular flexibility index (Phi) is 6.66. The fraction of sp³-hybridized carbons (Fsp3) is 0.333. The van der Waals surface area contributed by atoms with Gasteiger partial charge in [0.25, 0.3) is 11.8 Å². The average molecular weight is 462 g/mol. The summed E-state index contributed by atoms with van der Waals surface area (Å²) in [5.41, 5.74) is 1.83. The summed E-state index contributed by atoms with van der Waals surface area (Å²) >= 11 is 2.14. The number of benzene rings is 2. The van der Waals surface area contributed by atoms with Gasteiger partial charge in [0.15, 0.2) is 0 Å². The number of hydrogen-bond donors (Lipinski definition) is 2. The second-order valence-corrected chi connectivity index (χ2v) is 7.84. The first-order valence-electron chi connectivity index (χ1n) is 9.10. The zero-order chi connectivity index (χ0) is 18.4. The van der Waals surface area contributed by atoms with Crippen molar-refractivity contribution in [2.75, 3.05) is 5.32 Å². The van der Waals surface area contributed by atoms with Crippen molar-refractivity contribution in [3.8, 4) is 0 Å². The average Bonchev–Trinajstić information content (AvgIpc) is 2.91. The van der Waals surface area contributed by atoms with E-state index in [0.29, 0.717) is 16.8 Å². The van der Waals surface area contributed by atoms with Crippen LogP contribution < -0.4 is 10.6 Å². The molecule has 1 fully saturated rings. The molecular weight excluding hydrogens is 439 g/mol. The lowest BCUT2D eigenvalue weighted by molar-refractivity contribution is 0.0932. The number of anilines is 1.